The average molecular weight is 523 g/mol. The van der Waals surface area contributed by atoms with Crippen molar-refractivity contribution < 1.29 is 30.7 Å². The van der Waals surface area contributed by atoms with E-state index in [1.54, 1.807) is 0 Å². The molecule has 1 aliphatic carbocycles. The lowest BCUT2D eigenvalue weighted by atomic mass is 9.77. The summed E-state index contributed by atoms with van der Waals surface area (Å²) < 4.78 is 94.0. The number of rotatable bonds is 10. The number of hydrogen-bond donors (Lipinski definition) is 1. The summed E-state index contributed by atoms with van der Waals surface area (Å²) in [6.07, 6.45) is 1.20. The molecule has 192 valence electrons. The van der Waals surface area contributed by atoms with Crippen LogP contribution in [-0.4, -0.2) is 17.3 Å². The van der Waals surface area contributed by atoms with E-state index in [1.165, 1.54) is 25.3 Å². The Morgan fingerprint density at radius 1 is 1.26 bits per heavy atom. The molecule has 10 heteroatoms. The van der Waals surface area contributed by atoms with Gasteiger partial charge in [-0.25, -0.2) is 22.0 Å². The van der Waals surface area contributed by atoms with Crippen LogP contribution in [0.5, 0.6) is 0 Å². The molecule has 0 saturated carbocycles. The van der Waals surface area contributed by atoms with Crippen molar-refractivity contribution >= 4 is 11.6 Å². The van der Waals surface area contributed by atoms with Gasteiger partial charge >= 0.3 is 12.3 Å². The molecule has 0 aliphatic heterocycles. The Kier molecular flexibility index (Phi) is 9.53. The molecule has 1 aromatic rings. The lowest BCUT2D eigenvalue weighted by molar-refractivity contribution is -0.160. The number of nitrogens with zero attached hydrogens (tertiary/aromatic N) is 1. The van der Waals surface area contributed by atoms with E-state index < -0.39 is 53.6 Å². The maximum absolute atomic E-state index is 14.8. The van der Waals surface area contributed by atoms with Gasteiger partial charge in [0, 0.05) is 12.1 Å². The van der Waals surface area contributed by atoms with Crippen molar-refractivity contribution in [2.24, 2.45) is 17.6 Å². The molecule has 1 aliphatic rings. The van der Waals surface area contributed by atoms with Crippen LogP contribution < -0.4 is 5.73 Å². The standard InChI is InChI=1S/C25H26ClF7N2/c1-14(8-16(3)25(32,33)23(30)31)9-19(27)10-15(2)24(34,22-7-5-18(26)13-35-22)12-17-4-6-20(28)21(29)11-17/h5-7,9-11,13,16-17,23H,1,4,8,12,34H2,2-3H3/b15-10+,19-9+/t16?,17-,24+/m1/s1. The first-order valence-electron chi connectivity index (χ1n) is 10.7. The second kappa shape index (κ2) is 11.6. The summed E-state index contributed by atoms with van der Waals surface area (Å²) in [5, 5.41) is 0.323. The van der Waals surface area contributed by atoms with Crippen LogP contribution in [-0.2, 0) is 5.54 Å². The number of aromatic nitrogens is 1. The summed E-state index contributed by atoms with van der Waals surface area (Å²) in [4.78, 5) is 4.21. The van der Waals surface area contributed by atoms with Gasteiger partial charge in [0.15, 0.2) is 11.7 Å². The second-order valence-electron chi connectivity index (χ2n) is 8.69. The van der Waals surface area contributed by atoms with Gasteiger partial charge in [-0.1, -0.05) is 30.7 Å². The minimum absolute atomic E-state index is 0.0348. The van der Waals surface area contributed by atoms with Crippen molar-refractivity contribution in [3.63, 3.8) is 0 Å². The minimum atomic E-state index is -4.25. The fourth-order valence-electron chi connectivity index (χ4n) is 3.75. The zero-order valence-corrected chi connectivity index (χ0v) is 19.9. The molecule has 35 heavy (non-hydrogen) atoms. The molecule has 0 fully saturated rings. The number of allylic oxidation sites excluding steroid dienone is 8. The van der Waals surface area contributed by atoms with E-state index in [0.29, 0.717) is 5.02 Å². The van der Waals surface area contributed by atoms with Gasteiger partial charge in [-0.05, 0) is 74.1 Å². The monoisotopic (exact) mass is 522 g/mol. The zero-order valence-electron chi connectivity index (χ0n) is 19.2. The first-order chi connectivity index (χ1) is 16.2. The molecule has 0 bridgehead atoms. The van der Waals surface area contributed by atoms with Crippen LogP contribution in [0.25, 0.3) is 0 Å². The van der Waals surface area contributed by atoms with Crippen LogP contribution in [0.3, 0.4) is 0 Å². The smallest absolute Gasteiger partial charge is 0.310 e. The summed E-state index contributed by atoms with van der Waals surface area (Å²) in [6, 6.07) is 3.04. The predicted octanol–water partition coefficient (Wildman–Crippen LogP) is 8.29. The lowest BCUT2D eigenvalue weighted by Crippen LogP contribution is -2.41. The SMILES string of the molecule is C=C(/C=C(F)\C=C(/C)[C@@](N)(C[C@H]1C=C(F)C(F)=CC1)c1ccc(Cl)cn1)CC(C)C(F)(F)C(F)F. The molecule has 2 rings (SSSR count). The van der Waals surface area contributed by atoms with Crippen LogP contribution in [0.2, 0.25) is 5.02 Å². The van der Waals surface area contributed by atoms with Crippen LogP contribution in [0, 0.1) is 11.8 Å². The van der Waals surface area contributed by atoms with Crippen molar-refractivity contribution in [2.75, 3.05) is 0 Å². The largest absolute Gasteiger partial charge is 0.317 e. The normalized spacial score (nSPS) is 20.3. The molecule has 2 N–H and O–H groups in total. The van der Waals surface area contributed by atoms with E-state index in [2.05, 4.69) is 11.6 Å². The minimum Gasteiger partial charge on any atom is -0.317 e. The van der Waals surface area contributed by atoms with Gasteiger partial charge in [-0.2, -0.15) is 8.78 Å². The highest BCUT2D eigenvalue weighted by atomic mass is 35.5. The van der Waals surface area contributed by atoms with Crippen molar-refractivity contribution in [3.05, 3.63) is 88.6 Å². The van der Waals surface area contributed by atoms with Crippen molar-refractivity contribution in [3.8, 4) is 0 Å². The van der Waals surface area contributed by atoms with Gasteiger partial charge in [0.2, 0.25) is 0 Å². The molecular weight excluding hydrogens is 497 g/mol. The fourth-order valence-corrected chi connectivity index (χ4v) is 3.86. The predicted molar refractivity (Wildman–Crippen MR) is 123 cm³/mol. The Hall–Kier alpha value is -2.39. The van der Waals surface area contributed by atoms with E-state index in [-0.39, 0.29) is 29.7 Å². The third-order valence-electron chi connectivity index (χ3n) is 5.90. The summed E-state index contributed by atoms with van der Waals surface area (Å²) in [6.45, 7) is 5.91. The topological polar surface area (TPSA) is 38.9 Å². The van der Waals surface area contributed by atoms with Crippen LogP contribution in [0.4, 0.5) is 30.7 Å². The Bertz CT molecular complexity index is 1040. The van der Waals surface area contributed by atoms with E-state index >= 15 is 0 Å². The molecule has 2 nitrogen and oxygen atoms in total. The highest BCUT2D eigenvalue weighted by Gasteiger charge is 2.46. The maximum atomic E-state index is 14.8. The summed E-state index contributed by atoms with van der Waals surface area (Å²) in [5.74, 6) is -9.44. The molecule has 0 saturated heterocycles. The highest BCUT2D eigenvalue weighted by Crippen LogP contribution is 2.38. The molecule has 1 heterocycles. The summed E-state index contributed by atoms with van der Waals surface area (Å²) >= 11 is 5.90. The Morgan fingerprint density at radius 2 is 1.91 bits per heavy atom. The van der Waals surface area contributed by atoms with Crippen LogP contribution in [0.15, 0.2) is 77.8 Å². The molecule has 0 radical (unpaired) electrons. The third-order valence-corrected chi connectivity index (χ3v) is 6.12. The molecule has 0 amide bonds. The Labute approximate surface area is 204 Å². The molecule has 3 atom stereocenters. The quantitative estimate of drug-likeness (QED) is 0.248. The van der Waals surface area contributed by atoms with Crippen molar-refractivity contribution in [2.45, 2.75) is 51.0 Å². The van der Waals surface area contributed by atoms with Crippen LogP contribution in [0.1, 0.15) is 38.8 Å². The average Bonchev–Trinajstić information content (AvgIpc) is 2.76. The van der Waals surface area contributed by atoms with Gasteiger partial charge in [-0.15, -0.1) is 0 Å². The van der Waals surface area contributed by atoms with Gasteiger partial charge in [-0.3, -0.25) is 4.98 Å². The third kappa shape index (κ3) is 7.30. The first-order valence-corrected chi connectivity index (χ1v) is 11.1. The maximum Gasteiger partial charge on any atom is 0.310 e. The number of alkyl halides is 4. The molecular formula is C25H26ClF7N2. The van der Waals surface area contributed by atoms with Crippen molar-refractivity contribution in [1.29, 1.82) is 0 Å². The van der Waals surface area contributed by atoms with Crippen molar-refractivity contribution in [1.82, 2.24) is 4.98 Å². The summed E-state index contributed by atoms with van der Waals surface area (Å²) in [7, 11) is 0. The van der Waals surface area contributed by atoms with Gasteiger partial charge in [0.25, 0.3) is 0 Å². The Balaban J connectivity index is 2.33. The Morgan fingerprint density at radius 3 is 2.46 bits per heavy atom. The molecule has 0 spiro atoms. The lowest BCUT2D eigenvalue weighted by Gasteiger charge is -2.33. The number of hydrogen-bond acceptors (Lipinski definition) is 2. The van der Waals surface area contributed by atoms with E-state index in [4.69, 9.17) is 17.3 Å². The van der Waals surface area contributed by atoms with Crippen LogP contribution >= 0.6 is 11.6 Å². The zero-order chi connectivity index (χ0) is 26.6. The number of nitrogens with two attached hydrogens (primary N) is 1. The van der Waals surface area contributed by atoms with E-state index in [9.17, 15) is 30.7 Å². The van der Waals surface area contributed by atoms with Gasteiger partial charge in [0.1, 0.15) is 5.83 Å². The first kappa shape index (κ1) is 28.8. The van der Waals surface area contributed by atoms with E-state index in [1.807, 2.05) is 0 Å². The molecule has 1 unspecified atom stereocenters. The number of halogens is 8. The highest BCUT2D eigenvalue weighted by molar-refractivity contribution is 6.30. The van der Waals surface area contributed by atoms with Gasteiger partial charge in [0.05, 0.1) is 16.3 Å². The molecule has 1 aromatic heterocycles. The molecule has 0 aromatic carbocycles. The second-order valence-corrected chi connectivity index (χ2v) is 9.13. The number of pyridine rings is 1. The fraction of sp³-hybridized carbons (Fsp3) is 0.400. The van der Waals surface area contributed by atoms with E-state index in [0.717, 1.165) is 31.2 Å². The summed E-state index contributed by atoms with van der Waals surface area (Å²) in [5.41, 5.74) is 5.61. The van der Waals surface area contributed by atoms with Gasteiger partial charge < -0.3 is 5.73 Å².